The Hall–Kier alpha value is -2.23. The highest BCUT2D eigenvalue weighted by atomic mass is 19.1. The summed E-state index contributed by atoms with van der Waals surface area (Å²) < 4.78 is 18.6. The van der Waals surface area contributed by atoms with Crippen molar-refractivity contribution < 1.29 is 13.9 Å². The first-order chi connectivity index (χ1) is 9.54. The van der Waals surface area contributed by atoms with Crippen molar-refractivity contribution >= 4 is 5.78 Å². The lowest BCUT2D eigenvalue weighted by molar-refractivity contribution is 0.0991. The lowest BCUT2D eigenvalue weighted by Gasteiger charge is -2.10. The van der Waals surface area contributed by atoms with E-state index in [-0.39, 0.29) is 24.1 Å². The van der Waals surface area contributed by atoms with Gasteiger partial charge in [-0.3, -0.25) is 9.78 Å². The predicted octanol–water partition coefficient (Wildman–Crippen LogP) is 3.43. The molecule has 0 fully saturated rings. The molecule has 0 amide bonds. The first kappa shape index (κ1) is 14.2. The van der Waals surface area contributed by atoms with Crippen LogP contribution in [0.2, 0.25) is 0 Å². The van der Waals surface area contributed by atoms with Gasteiger partial charge in [-0.25, -0.2) is 4.39 Å². The fraction of sp³-hybridized carbons (Fsp3) is 0.250. The zero-order chi connectivity index (χ0) is 14.5. The topological polar surface area (TPSA) is 39.2 Å². The van der Waals surface area contributed by atoms with E-state index in [0.29, 0.717) is 16.9 Å². The fourth-order valence-corrected chi connectivity index (χ4v) is 1.84. The third kappa shape index (κ3) is 3.88. The summed E-state index contributed by atoms with van der Waals surface area (Å²) in [6.45, 7) is 3.81. The summed E-state index contributed by atoms with van der Waals surface area (Å²) in [7, 11) is 0. The Balaban J connectivity index is 2.13. The molecule has 3 nitrogen and oxygen atoms in total. The first-order valence-corrected chi connectivity index (χ1v) is 6.44. The standard InChI is InChI=1S/C16H16FNO2/c1-11(2)20-15-8-13(9-18-10-15)16(19)7-12-4-3-5-14(17)6-12/h3-6,8-11H,7H2,1-2H3. The molecule has 0 saturated carbocycles. The highest BCUT2D eigenvalue weighted by Crippen LogP contribution is 2.15. The second-order valence-corrected chi connectivity index (χ2v) is 4.81. The van der Waals surface area contributed by atoms with Crippen LogP contribution in [-0.2, 0) is 6.42 Å². The Morgan fingerprint density at radius 3 is 2.80 bits per heavy atom. The average Bonchev–Trinajstić information content (AvgIpc) is 2.38. The van der Waals surface area contributed by atoms with Crippen LogP contribution in [-0.4, -0.2) is 16.9 Å². The van der Waals surface area contributed by atoms with Crippen molar-refractivity contribution in [3.8, 4) is 5.75 Å². The minimum absolute atomic E-state index is 0.0189. The van der Waals surface area contributed by atoms with Gasteiger partial charge in [0, 0.05) is 18.2 Å². The van der Waals surface area contributed by atoms with Crippen LogP contribution in [0.4, 0.5) is 4.39 Å². The fourth-order valence-electron chi connectivity index (χ4n) is 1.84. The molecule has 0 unspecified atom stereocenters. The Morgan fingerprint density at radius 2 is 2.10 bits per heavy atom. The summed E-state index contributed by atoms with van der Waals surface area (Å²) in [5.74, 6) is 0.104. The minimum atomic E-state index is -0.342. The van der Waals surface area contributed by atoms with E-state index in [1.165, 1.54) is 18.3 Å². The second-order valence-electron chi connectivity index (χ2n) is 4.81. The van der Waals surface area contributed by atoms with Crippen LogP contribution >= 0.6 is 0 Å². The summed E-state index contributed by atoms with van der Waals surface area (Å²) in [5, 5.41) is 0. The summed E-state index contributed by atoms with van der Waals surface area (Å²) >= 11 is 0. The van der Waals surface area contributed by atoms with Gasteiger partial charge in [0.05, 0.1) is 12.3 Å². The molecular formula is C16H16FNO2. The molecule has 0 saturated heterocycles. The molecule has 1 aromatic heterocycles. The molecule has 1 heterocycles. The maximum Gasteiger partial charge on any atom is 0.168 e. The summed E-state index contributed by atoms with van der Waals surface area (Å²) in [6.07, 6.45) is 3.23. The van der Waals surface area contributed by atoms with Gasteiger partial charge in [-0.15, -0.1) is 0 Å². The number of benzene rings is 1. The number of carbonyl (C=O) groups is 1. The molecule has 0 aliphatic heterocycles. The highest BCUT2D eigenvalue weighted by Gasteiger charge is 2.10. The molecule has 4 heteroatoms. The zero-order valence-electron chi connectivity index (χ0n) is 11.5. The number of hydrogen-bond acceptors (Lipinski definition) is 3. The number of aromatic nitrogens is 1. The van der Waals surface area contributed by atoms with Crippen molar-refractivity contribution in [2.24, 2.45) is 0 Å². The number of hydrogen-bond donors (Lipinski definition) is 0. The molecule has 2 aromatic rings. The molecular weight excluding hydrogens is 257 g/mol. The Morgan fingerprint density at radius 1 is 1.30 bits per heavy atom. The van der Waals surface area contributed by atoms with E-state index < -0.39 is 0 Å². The normalized spacial score (nSPS) is 10.6. The molecule has 2 rings (SSSR count). The van der Waals surface area contributed by atoms with E-state index in [2.05, 4.69) is 4.98 Å². The van der Waals surface area contributed by atoms with Gasteiger partial charge in [-0.05, 0) is 37.6 Å². The van der Waals surface area contributed by atoms with Crippen LogP contribution in [0.5, 0.6) is 5.75 Å². The second kappa shape index (κ2) is 6.28. The molecule has 0 atom stereocenters. The monoisotopic (exact) mass is 273 g/mol. The average molecular weight is 273 g/mol. The van der Waals surface area contributed by atoms with E-state index in [1.54, 1.807) is 24.4 Å². The molecule has 0 bridgehead atoms. The van der Waals surface area contributed by atoms with Crippen LogP contribution in [0.1, 0.15) is 29.8 Å². The largest absolute Gasteiger partial charge is 0.489 e. The zero-order valence-corrected chi connectivity index (χ0v) is 11.5. The van der Waals surface area contributed by atoms with Gasteiger partial charge in [-0.2, -0.15) is 0 Å². The van der Waals surface area contributed by atoms with Gasteiger partial charge in [0.1, 0.15) is 11.6 Å². The molecule has 0 aliphatic rings. The van der Waals surface area contributed by atoms with Crippen molar-refractivity contribution in [1.82, 2.24) is 4.98 Å². The molecule has 0 radical (unpaired) electrons. The minimum Gasteiger partial charge on any atom is -0.489 e. The SMILES string of the molecule is CC(C)Oc1cncc(C(=O)Cc2cccc(F)c2)c1. The van der Waals surface area contributed by atoms with E-state index in [0.717, 1.165) is 0 Å². The number of halogens is 1. The molecule has 104 valence electrons. The number of rotatable bonds is 5. The maximum absolute atomic E-state index is 13.1. The maximum atomic E-state index is 13.1. The number of ketones is 1. The van der Waals surface area contributed by atoms with E-state index in [9.17, 15) is 9.18 Å². The summed E-state index contributed by atoms with van der Waals surface area (Å²) in [5.41, 5.74) is 1.11. The molecule has 0 aliphatic carbocycles. The van der Waals surface area contributed by atoms with Crippen LogP contribution in [0, 0.1) is 5.82 Å². The van der Waals surface area contributed by atoms with Gasteiger partial charge in [0.25, 0.3) is 0 Å². The van der Waals surface area contributed by atoms with E-state index in [4.69, 9.17) is 4.74 Å². The summed E-state index contributed by atoms with van der Waals surface area (Å²) in [6, 6.07) is 7.69. The molecule has 20 heavy (non-hydrogen) atoms. The van der Waals surface area contributed by atoms with Gasteiger partial charge in [-0.1, -0.05) is 12.1 Å². The first-order valence-electron chi connectivity index (χ1n) is 6.44. The van der Waals surface area contributed by atoms with Crippen molar-refractivity contribution in [3.63, 3.8) is 0 Å². The van der Waals surface area contributed by atoms with Crippen molar-refractivity contribution in [1.29, 1.82) is 0 Å². The Bertz CT molecular complexity index is 611. The van der Waals surface area contributed by atoms with Crippen LogP contribution in [0.15, 0.2) is 42.7 Å². The predicted molar refractivity (Wildman–Crippen MR) is 74.4 cm³/mol. The smallest absolute Gasteiger partial charge is 0.168 e. The molecule has 0 spiro atoms. The van der Waals surface area contributed by atoms with Gasteiger partial charge < -0.3 is 4.74 Å². The highest BCUT2D eigenvalue weighted by molar-refractivity contribution is 5.97. The van der Waals surface area contributed by atoms with Crippen LogP contribution in [0.25, 0.3) is 0 Å². The third-order valence-electron chi connectivity index (χ3n) is 2.66. The van der Waals surface area contributed by atoms with Crippen LogP contribution in [0.3, 0.4) is 0 Å². The Labute approximate surface area is 117 Å². The van der Waals surface area contributed by atoms with Crippen molar-refractivity contribution in [3.05, 3.63) is 59.7 Å². The third-order valence-corrected chi connectivity index (χ3v) is 2.66. The number of Topliss-reactive ketones (excluding diaryl/α,β-unsaturated/α-hetero) is 1. The van der Waals surface area contributed by atoms with Gasteiger partial charge in [0.15, 0.2) is 5.78 Å². The van der Waals surface area contributed by atoms with Gasteiger partial charge in [0.2, 0.25) is 0 Å². The lowest BCUT2D eigenvalue weighted by Crippen LogP contribution is -2.08. The number of pyridine rings is 1. The van der Waals surface area contributed by atoms with Gasteiger partial charge >= 0.3 is 0 Å². The number of nitrogens with zero attached hydrogens (tertiary/aromatic N) is 1. The van der Waals surface area contributed by atoms with Crippen LogP contribution < -0.4 is 4.74 Å². The molecule has 0 N–H and O–H groups in total. The van der Waals surface area contributed by atoms with E-state index >= 15 is 0 Å². The van der Waals surface area contributed by atoms with E-state index in [1.807, 2.05) is 13.8 Å². The molecule has 1 aromatic carbocycles. The Kier molecular flexibility index (Phi) is 4.45. The van der Waals surface area contributed by atoms with Crippen molar-refractivity contribution in [2.45, 2.75) is 26.4 Å². The lowest BCUT2D eigenvalue weighted by atomic mass is 10.0. The number of carbonyl (C=O) groups excluding carboxylic acids is 1. The summed E-state index contributed by atoms with van der Waals surface area (Å²) in [4.78, 5) is 16.1. The van der Waals surface area contributed by atoms with Crippen molar-refractivity contribution in [2.75, 3.05) is 0 Å². The quantitative estimate of drug-likeness (QED) is 0.783. The number of ether oxygens (including phenoxy) is 1.